The van der Waals surface area contributed by atoms with Crippen LogP contribution in [0.15, 0.2) is 42.5 Å². The fourth-order valence-electron chi connectivity index (χ4n) is 5.65. The third-order valence-electron chi connectivity index (χ3n) is 7.60. The number of carbonyl (C=O) groups excluding carboxylic acids is 1. The van der Waals surface area contributed by atoms with Gasteiger partial charge in [-0.2, -0.15) is 17.5 Å². The Morgan fingerprint density at radius 1 is 1.21 bits per heavy atom. The summed E-state index contributed by atoms with van der Waals surface area (Å²) in [5.74, 6) is -0.136. The van der Waals surface area contributed by atoms with Crippen LogP contribution in [0.25, 0.3) is 10.9 Å². The lowest BCUT2D eigenvalue weighted by molar-refractivity contribution is -0.0526. The fourth-order valence-corrected chi connectivity index (χ4v) is 6.84. The van der Waals surface area contributed by atoms with Crippen LogP contribution in [0, 0.1) is 5.82 Å². The van der Waals surface area contributed by atoms with E-state index in [0.717, 1.165) is 0 Å². The maximum atomic E-state index is 14.0. The number of urea groups is 1. The number of alkyl halides is 3. The molecule has 2 aliphatic heterocycles. The number of piperidine rings is 1. The normalized spacial score (nSPS) is 19.7. The van der Waals surface area contributed by atoms with Crippen LogP contribution >= 0.6 is 0 Å². The number of rotatable bonds is 4. The van der Waals surface area contributed by atoms with E-state index in [1.807, 2.05) is 0 Å². The number of H-pyrrole nitrogens is 1. The Balaban J connectivity index is 1.55. The molecule has 14 heteroatoms. The molecule has 0 bridgehead atoms. The lowest BCUT2D eigenvalue weighted by atomic mass is 9.69. The van der Waals surface area contributed by atoms with Gasteiger partial charge in [-0.05, 0) is 42.7 Å². The quantitative estimate of drug-likeness (QED) is 0.409. The highest BCUT2D eigenvalue weighted by atomic mass is 32.2. The molecule has 39 heavy (non-hydrogen) atoms. The second kappa shape index (κ2) is 9.68. The molecule has 1 unspecified atom stereocenters. The van der Waals surface area contributed by atoms with Gasteiger partial charge in [0.15, 0.2) is 0 Å². The van der Waals surface area contributed by atoms with Crippen molar-refractivity contribution in [2.75, 3.05) is 38.7 Å². The summed E-state index contributed by atoms with van der Waals surface area (Å²) < 4.78 is 86.2. The minimum absolute atomic E-state index is 0.0125. The third-order valence-corrected chi connectivity index (χ3v) is 9.19. The Labute approximate surface area is 221 Å². The van der Waals surface area contributed by atoms with Crippen LogP contribution in [0.5, 0.6) is 5.75 Å². The molecule has 3 aromatic rings. The number of hydrogen-bond donors (Lipinski definition) is 3. The molecule has 0 aliphatic carbocycles. The number of halogens is 4. The molecular weight excluding hydrogens is 544 g/mol. The van der Waals surface area contributed by atoms with Gasteiger partial charge in [-0.25, -0.2) is 17.6 Å². The first kappa shape index (κ1) is 27.2. The summed E-state index contributed by atoms with van der Waals surface area (Å²) in [7, 11) is -4.35. The number of likely N-dealkylation sites (tertiary alicyclic amines) is 1. The van der Waals surface area contributed by atoms with Crippen molar-refractivity contribution in [2.24, 2.45) is 0 Å². The predicted octanol–water partition coefficient (Wildman–Crippen LogP) is 4.08. The van der Waals surface area contributed by atoms with Gasteiger partial charge in [0.1, 0.15) is 11.6 Å². The summed E-state index contributed by atoms with van der Waals surface area (Å²) in [4.78, 5) is 17.3. The average Bonchev–Trinajstić information content (AvgIpc) is 3.29. The highest BCUT2D eigenvalue weighted by Gasteiger charge is 2.58. The molecule has 1 aromatic heterocycles. The first-order valence-corrected chi connectivity index (χ1v) is 13.6. The molecule has 1 saturated heterocycles. The van der Waals surface area contributed by atoms with Crippen LogP contribution in [-0.4, -0.2) is 72.6 Å². The van der Waals surface area contributed by atoms with Gasteiger partial charge in [-0.1, -0.05) is 12.1 Å². The summed E-state index contributed by atoms with van der Waals surface area (Å²) in [6.07, 6.45) is 0.261. The van der Waals surface area contributed by atoms with Gasteiger partial charge in [-0.15, -0.1) is 0 Å². The number of amides is 2. The average molecular weight is 571 g/mol. The number of aliphatic hydroxyl groups excluding tert-OH is 1. The van der Waals surface area contributed by atoms with Gasteiger partial charge in [0.25, 0.3) is 0 Å². The van der Waals surface area contributed by atoms with Crippen molar-refractivity contribution in [3.63, 3.8) is 0 Å². The fraction of sp³-hybridized carbons (Fsp3) is 0.400. The molecule has 1 atom stereocenters. The lowest BCUT2D eigenvalue weighted by Gasteiger charge is -2.49. The zero-order valence-electron chi connectivity index (χ0n) is 20.8. The lowest BCUT2D eigenvalue weighted by Crippen LogP contribution is -2.57. The second-order valence-corrected chi connectivity index (χ2v) is 11.6. The minimum Gasteiger partial charge on any atom is -0.497 e. The number of anilines is 1. The molecule has 0 saturated carbocycles. The molecule has 5 rings (SSSR count). The van der Waals surface area contributed by atoms with Crippen molar-refractivity contribution in [1.82, 2.24) is 14.2 Å². The summed E-state index contributed by atoms with van der Waals surface area (Å²) in [6.45, 7) is -1.26. The number of ether oxygens (including phenoxy) is 1. The van der Waals surface area contributed by atoms with E-state index in [9.17, 15) is 35.9 Å². The molecule has 210 valence electrons. The van der Waals surface area contributed by atoms with Crippen molar-refractivity contribution in [3.05, 3.63) is 59.5 Å². The van der Waals surface area contributed by atoms with Crippen LogP contribution in [0.1, 0.15) is 30.1 Å². The molecular formula is C25H26F4N4O5S. The van der Waals surface area contributed by atoms with E-state index in [-0.39, 0.29) is 37.3 Å². The predicted molar refractivity (Wildman–Crippen MR) is 134 cm³/mol. The molecule has 2 aliphatic rings. The maximum Gasteiger partial charge on any atom is 0.511 e. The number of nitrogens with zero attached hydrogens (tertiary/aromatic N) is 2. The number of hydrogen-bond acceptors (Lipinski definition) is 5. The van der Waals surface area contributed by atoms with Crippen LogP contribution < -0.4 is 10.1 Å². The number of benzene rings is 2. The van der Waals surface area contributed by atoms with Gasteiger partial charge in [0.05, 0.1) is 25.4 Å². The Bertz CT molecular complexity index is 1520. The number of sulfonamides is 1. The highest BCUT2D eigenvalue weighted by Crippen LogP contribution is 2.51. The number of nitrogens with one attached hydrogen (secondary N) is 2. The smallest absolute Gasteiger partial charge is 0.497 e. The Morgan fingerprint density at radius 3 is 2.51 bits per heavy atom. The van der Waals surface area contributed by atoms with Crippen molar-refractivity contribution in [3.8, 4) is 5.75 Å². The third kappa shape index (κ3) is 4.49. The van der Waals surface area contributed by atoms with E-state index < -0.39 is 52.0 Å². The van der Waals surface area contributed by atoms with E-state index in [0.29, 0.717) is 26.5 Å². The minimum atomic E-state index is -5.81. The highest BCUT2D eigenvalue weighted by molar-refractivity contribution is 7.90. The van der Waals surface area contributed by atoms with E-state index in [1.165, 1.54) is 30.2 Å². The van der Waals surface area contributed by atoms with Crippen LogP contribution in [0.4, 0.5) is 28.0 Å². The SMILES string of the molecule is COc1ccc2c3c([nH]c2c1)C(CO)N(S(=O)(=O)C(F)(F)F)CC31CCN(C(=O)Nc2ccccc2F)CC1. The van der Waals surface area contributed by atoms with E-state index >= 15 is 0 Å². The summed E-state index contributed by atoms with van der Waals surface area (Å²) >= 11 is 0. The van der Waals surface area contributed by atoms with Gasteiger partial charge < -0.3 is 25.0 Å². The van der Waals surface area contributed by atoms with Crippen molar-refractivity contribution >= 4 is 32.6 Å². The molecule has 1 fully saturated rings. The summed E-state index contributed by atoms with van der Waals surface area (Å²) in [6, 6.07) is 8.65. The number of fused-ring (bicyclic) bond motifs is 4. The van der Waals surface area contributed by atoms with E-state index in [2.05, 4.69) is 10.3 Å². The van der Waals surface area contributed by atoms with Gasteiger partial charge in [-0.3, -0.25) is 0 Å². The molecule has 0 radical (unpaired) electrons. The molecule has 2 aromatic carbocycles. The Morgan fingerprint density at radius 2 is 1.90 bits per heavy atom. The number of aromatic amines is 1. The first-order valence-electron chi connectivity index (χ1n) is 12.1. The van der Waals surface area contributed by atoms with Crippen molar-refractivity contribution in [1.29, 1.82) is 0 Å². The summed E-state index contributed by atoms with van der Waals surface area (Å²) in [5.41, 5.74) is -5.38. The molecule has 2 amide bonds. The van der Waals surface area contributed by atoms with E-state index in [1.54, 1.807) is 24.3 Å². The zero-order valence-corrected chi connectivity index (χ0v) is 21.6. The molecule has 3 heterocycles. The van der Waals surface area contributed by atoms with Crippen LogP contribution in [0.2, 0.25) is 0 Å². The summed E-state index contributed by atoms with van der Waals surface area (Å²) in [5, 5.41) is 13.3. The Kier molecular flexibility index (Phi) is 6.75. The van der Waals surface area contributed by atoms with E-state index in [4.69, 9.17) is 4.74 Å². The number of para-hydroxylation sites is 1. The van der Waals surface area contributed by atoms with Crippen LogP contribution in [0.3, 0.4) is 0 Å². The number of methoxy groups -OCH3 is 1. The first-order chi connectivity index (χ1) is 18.4. The van der Waals surface area contributed by atoms with Crippen molar-refractivity contribution in [2.45, 2.75) is 29.8 Å². The zero-order chi connectivity index (χ0) is 28.2. The van der Waals surface area contributed by atoms with Crippen LogP contribution in [-0.2, 0) is 15.4 Å². The number of carbonyl (C=O) groups is 1. The largest absolute Gasteiger partial charge is 0.511 e. The standard InChI is InChI=1S/C25H26F4N4O5S/c1-38-15-6-7-16-19(12-15)30-22-20(13-34)33(39(36,37)25(27,28)29)14-24(21(16)22)8-10-32(11-9-24)23(35)31-18-5-3-2-4-17(18)26/h2-7,12,20,30,34H,8-11,13-14H2,1H3,(H,31,35). The monoisotopic (exact) mass is 570 g/mol. The van der Waals surface area contributed by atoms with Gasteiger partial charge >= 0.3 is 21.6 Å². The van der Waals surface area contributed by atoms with Gasteiger partial charge in [0, 0.05) is 47.7 Å². The maximum absolute atomic E-state index is 14.0. The number of aromatic nitrogens is 1. The molecule has 3 N–H and O–H groups in total. The van der Waals surface area contributed by atoms with Gasteiger partial charge in [0.2, 0.25) is 0 Å². The second-order valence-electron chi connectivity index (χ2n) is 9.70. The topological polar surface area (TPSA) is 115 Å². The molecule has 9 nitrogen and oxygen atoms in total. The van der Waals surface area contributed by atoms with Crippen molar-refractivity contribution < 1.29 is 40.6 Å². The molecule has 1 spiro atoms. The number of aliphatic hydroxyl groups is 1. The Hall–Kier alpha value is -3.36.